The number of allylic oxidation sites excluding steroid dienone is 1. The first-order valence-corrected chi connectivity index (χ1v) is 15.2. The standard InChI is InChI=1S/C31H39FN4O7/c32-24-14-9-6-10-20(24)18-33-43-23-16-26-27(37)35-31(29(39)40)17-21(31)11-4-2-1-3-5-15-25(28(38)36(26)19-23)34-30(41)42-22-12-7-8-13-22/h4,6,9-11,14,18,21-23,25-26H,1-3,5,7-8,12-13,15-17,19H2,(H,34,41)(H,35,37)(H,39,40)/b11-4-,33-18+/t21-,23-,25+,26+,31?/m1/s1. The average molecular weight is 599 g/mol. The summed E-state index contributed by atoms with van der Waals surface area (Å²) in [4.78, 5) is 59.6. The summed E-state index contributed by atoms with van der Waals surface area (Å²) in [6, 6.07) is 4.04. The molecule has 43 heavy (non-hydrogen) atoms. The minimum absolute atomic E-state index is 0.0230. The van der Waals surface area contributed by atoms with Gasteiger partial charge in [0, 0.05) is 17.9 Å². The number of benzene rings is 1. The van der Waals surface area contributed by atoms with E-state index in [1.807, 2.05) is 12.2 Å². The summed E-state index contributed by atoms with van der Waals surface area (Å²) in [5.41, 5.74) is -1.22. The summed E-state index contributed by atoms with van der Waals surface area (Å²) >= 11 is 0. The van der Waals surface area contributed by atoms with Gasteiger partial charge in [0.05, 0.1) is 12.8 Å². The summed E-state index contributed by atoms with van der Waals surface area (Å²) in [6.45, 7) is -0.0230. The SMILES string of the molecule is O=C(N[C@H]1CCCCC/C=C\[C@@H]2CC2(C(=O)O)NC(=O)[C@@H]2C[C@@H](O/N=C/c3ccccc3F)CN2C1=O)OC1CCCC1. The fourth-order valence-corrected chi connectivity index (χ4v) is 6.22. The zero-order valence-electron chi connectivity index (χ0n) is 24.1. The van der Waals surface area contributed by atoms with E-state index in [0.29, 0.717) is 12.8 Å². The molecule has 0 radical (unpaired) electrons. The molecule has 1 unspecified atom stereocenters. The van der Waals surface area contributed by atoms with Crippen LogP contribution in [0.2, 0.25) is 0 Å². The van der Waals surface area contributed by atoms with Crippen LogP contribution < -0.4 is 10.6 Å². The normalized spacial score (nSPS) is 30.9. The predicted molar refractivity (Wildman–Crippen MR) is 153 cm³/mol. The number of alkyl carbamates (subject to hydrolysis) is 1. The van der Waals surface area contributed by atoms with Gasteiger partial charge >= 0.3 is 12.1 Å². The number of ether oxygens (including phenoxy) is 1. The van der Waals surface area contributed by atoms with Crippen molar-refractivity contribution in [3.63, 3.8) is 0 Å². The number of hydrogen-bond acceptors (Lipinski definition) is 7. The van der Waals surface area contributed by atoms with Gasteiger partial charge in [0.25, 0.3) is 0 Å². The first-order valence-electron chi connectivity index (χ1n) is 15.2. The number of nitrogens with zero attached hydrogens (tertiary/aromatic N) is 2. The van der Waals surface area contributed by atoms with Crippen LogP contribution in [0.3, 0.4) is 0 Å². The molecule has 3 N–H and O–H groups in total. The molecule has 1 aromatic rings. The molecule has 1 aromatic carbocycles. The molecular weight excluding hydrogens is 559 g/mol. The fourth-order valence-electron chi connectivity index (χ4n) is 6.22. The van der Waals surface area contributed by atoms with Gasteiger partial charge in [-0.3, -0.25) is 9.59 Å². The predicted octanol–water partition coefficient (Wildman–Crippen LogP) is 3.66. The molecule has 3 amide bonds. The molecule has 0 bridgehead atoms. The summed E-state index contributed by atoms with van der Waals surface area (Å²) in [5, 5.41) is 19.3. The lowest BCUT2D eigenvalue weighted by molar-refractivity contribution is -0.145. The highest BCUT2D eigenvalue weighted by Crippen LogP contribution is 2.45. The highest BCUT2D eigenvalue weighted by Gasteiger charge is 2.61. The zero-order chi connectivity index (χ0) is 30.4. The summed E-state index contributed by atoms with van der Waals surface area (Å²) in [6.07, 6.45) is 10.7. The number of rotatable bonds is 6. The highest BCUT2D eigenvalue weighted by molar-refractivity contribution is 5.96. The van der Waals surface area contributed by atoms with E-state index in [0.717, 1.165) is 44.9 Å². The van der Waals surface area contributed by atoms with Crippen LogP contribution in [0.25, 0.3) is 0 Å². The third-order valence-corrected chi connectivity index (χ3v) is 8.80. The second-order valence-corrected chi connectivity index (χ2v) is 11.9. The van der Waals surface area contributed by atoms with Crippen LogP contribution in [-0.2, 0) is 24.0 Å². The van der Waals surface area contributed by atoms with Gasteiger partial charge in [-0.1, -0.05) is 48.3 Å². The molecule has 5 rings (SSSR count). The van der Waals surface area contributed by atoms with Crippen LogP contribution in [0, 0.1) is 11.7 Å². The molecule has 2 saturated carbocycles. The maximum atomic E-state index is 14.0. The van der Waals surface area contributed by atoms with E-state index in [1.54, 1.807) is 12.1 Å². The van der Waals surface area contributed by atoms with Crippen LogP contribution in [-0.4, -0.2) is 76.5 Å². The zero-order valence-corrected chi connectivity index (χ0v) is 24.1. The van der Waals surface area contributed by atoms with Crippen LogP contribution in [0.4, 0.5) is 9.18 Å². The van der Waals surface area contributed by atoms with E-state index in [-0.39, 0.29) is 37.0 Å². The molecule has 2 heterocycles. The second kappa shape index (κ2) is 13.6. The molecule has 2 aliphatic heterocycles. The molecule has 12 heteroatoms. The van der Waals surface area contributed by atoms with Crippen molar-refractivity contribution in [3.05, 3.63) is 47.8 Å². The Morgan fingerprint density at radius 2 is 1.86 bits per heavy atom. The van der Waals surface area contributed by atoms with Crippen molar-refractivity contribution in [1.29, 1.82) is 0 Å². The van der Waals surface area contributed by atoms with Crippen LogP contribution in [0.5, 0.6) is 0 Å². The topological polar surface area (TPSA) is 147 Å². The first kappa shape index (κ1) is 30.5. The Morgan fingerprint density at radius 1 is 1.09 bits per heavy atom. The van der Waals surface area contributed by atoms with Gasteiger partial charge in [0.1, 0.15) is 35.6 Å². The van der Waals surface area contributed by atoms with Gasteiger partial charge < -0.3 is 30.2 Å². The Kier molecular flexibility index (Phi) is 9.62. The summed E-state index contributed by atoms with van der Waals surface area (Å²) < 4.78 is 19.6. The number of carbonyl (C=O) groups is 4. The van der Waals surface area contributed by atoms with E-state index in [1.165, 1.54) is 23.2 Å². The third-order valence-electron chi connectivity index (χ3n) is 8.80. The lowest BCUT2D eigenvalue weighted by Crippen LogP contribution is -2.56. The molecule has 11 nitrogen and oxygen atoms in total. The summed E-state index contributed by atoms with van der Waals surface area (Å²) in [7, 11) is 0. The second-order valence-electron chi connectivity index (χ2n) is 11.9. The lowest BCUT2D eigenvalue weighted by atomic mass is 10.0. The number of carboxylic acid groups (broad SMARTS) is 1. The Bertz CT molecular complexity index is 1270. The number of carboxylic acids is 1. The molecule has 2 aliphatic carbocycles. The number of hydrogen-bond donors (Lipinski definition) is 3. The number of aliphatic carboxylic acids is 1. The molecule has 3 fully saturated rings. The quantitative estimate of drug-likeness (QED) is 0.257. The van der Waals surface area contributed by atoms with E-state index in [4.69, 9.17) is 9.57 Å². The van der Waals surface area contributed by atoms with Gasteiger partial charge in [-0.15, -0.1) is 0 Å². The minimum atomic E-state index is -1.44. The lowest BCUT2D eigenvalue weighted by Gasteiger charge is -2.29. The molecule has 5 atom stereocenters. The van der Waals surface area contributed by atoms with E-state index >= 15 is 0 Å². The maximum Gasteiger partial charge on any atom is 0.408 e. The number of halogens is 1. The van der Waals surface area contributed by atoms with Crippen LogP contribution in [0.15, 0.2) is 41.6 Å². The number of oxime groups is 1. The minimum Gasteiger partial charge on any atom is -0.479 e. The molecular formula is C31H39FN4O7. The van der Waals surface area contributed by atoms with Crippen molar-refractivity contribution in [3.8, 4) is 0 Å². The van der Waals surface area contributed by atoms with Crippen molar-refractivity contribution >= 4 is 30.1 Å². The number of nitrogens with one attached hydrogen (secondary N) is 2. The van der Waals surface area contributed by atoms with Crippen molar-refractivity contribution in [1.82, 2.24) is 15.5 Å². The summed E-state index contributed by atoms with van der Waals surface area (Å²) in [5.74, 6) is -3.04. The van der Waals surface area contributed by atoms with Crippen molar-refractivity contribution < 1.29 is 38.2 Å². The van der Waals surface area contributed by atoms with Crippen LogP contribution >= 0.6 is 0 Å². The fraction of sp³-hybridized carbons (Fsp3) is 0.581. The van der Waals surface area contributed by atoms with Gasteiger partial charge in [-0.05, 0) is 57.4 Å². The van der Waals surface area contributed by atoms with Gasteiger partial charge in [0.15, 0.2) is 0 Å². The highest BCUT2D eigenvalue weighted by atomic mass is 19.1. The molecule has 232 valence electrons. The monoisotopic (exact) mass is 598 g/mol. The van der Waals surface area contributed by atoms with Gasteiger partial charge in [-0.2, -0.15) is 0 Å². The molecule has 0 spiro atoms. The van der Waals surface area contributed by atoms with Gasteiger partial charge in [-0.25, -0.2) is 14.0 Å². The number of fused-ring (bicyclic) bond motifs is 2. The first-order chi connectivity index (χ1) is 20.8. The van der Waals surface area contributed by atoms with Crippen molar-refractivity contribution in [2.24, 2.45) is 11.1 Å². The molecule has 4 aliphatic rings. The average Bonchev–Trinajstić information content (AvgIpc) is 3.27. The van der Waals surface area contributed by atoms with Crippen molar-refractivity contribution in [2.45, 2.75) is 100 Å². The number of amides is 3. The van der Waals surface area contributed by atoms with Crippen LogP contribution in [0.1, 0.15) is 76.2 Å². The Labute approximate surface area is 249 Å². The molecule has 1 saturated heterocycles. The third kappa shape index (κ3) is 7.34. The molecule has 0 aromatic heterocycles. The van der Waals surface area contributed by atoms with E-state index in [2.05, 4.69) is 15.8 Å². The smallest absolute Gasteiger partial charge is 0.408 e. The Balaban J connectivity index is 1.36. The number of carbonyl (C=O) groups excluding carboxylic acids is 3. The van der Waals surface area contributed by atoms with Crippen molar-refractivity contribution in [2.75, 3.05) is 6.54 Å². The maximum absolute atomic E-state index is 14.0. The largest absolute Gasteiger partial charge is 0.479 e. The Hall–Kier alpha value is -3.96. The van der Waals surface area contributed by atoms with Gasteiger partial charge in [0.2, 0.25) is 11.8 Å². The van der Waals surface area contributed by atoms with E-state index in [9.17, 15) is 28.7 Å². The van der Waals surface area contributed by atoms with E-state index < -0.39 is 53.4 Å². The Morgan fingerprint density at radius 3 is 2.63 bits per heavy atom.